The molecule has 0 aliphatic carbocycles. The van der Waals surface area contributed by atoms with E-state index in [4.69, 9.17) is 0 Å². The molecule has 0 aliphatic heterocycles. The molecule has 118 valence electrons. The van der Waals surface area contributed by atoms with Crippen molar-refractivity contribution >= 4 is 38.6 Å². The SMILES string of the molecule is CCN(CC)C(=O)CN(C)C(=O)c1[nH]c2ccccc2c1Br. The van der Waals surface area contributed by atoms with Crippen molar-refractivity contribution in [2.75, 3.05) is 26.7 Å². The Morgan fingerprint density at radius 3 is 2.41 bits per heavy atom. The monoisotopic (exact) mass is 365 g/mol. The maximum Gasteiger partial charge on any atom is 0.271 e. The van der Waals surface area contributed by atoms with E-state index < -0.39 is 0 Å². The van der Waals surface area contributed by atoms with E-state index in [2.05, 4.69) is 20.9 Å². The van der Waals surface area contributed by atoms with Gasteiger partial charge in [-0.25, -0.2) is 0 Å². The summed E-state index contributed by atoms with van der Waals surface area (Å²) in [5.41, 5.74) is 1.36. The lowest BCUT2D eigenvalue weighted by atomic mass is 10.2. The quantitative estimate of drug-likeness (QED) is 0.885. The zero-order chi connectivity index (χ0) is 16.3. The Morgan fingerprint density at radius 2 is 1.82 bits per heavy atom. The summed E-state index contributed by atoms with van der Waals surface area (Å²) in [4.78, 5) is 30.9. The van der Waals surface area contributed by atoms with Crippen LogP contribution in [0, 0.1) is 0 Å². The molecule has 5 nitrogen and oxygen atoms in total. The van der Waals surface area contributed by atoms with Gasteiger partial charge in [0.25, 0.3) is 5.91 Å². The van der Waals surface area contributed by atoms with Crippen molar-refractivity contribution in [1.29, 1.82) is 0 Å². The highest BCUT2D eigenvalue weighted by Gasteiger charge is 2.22. The number of nitrogens with zero attached hydrogens (tertiary/aromatic N) is 2. The molecule has 0 atom stereocenters. The minimum absolute atomic E-state index is 0.0481. The van der Waals surface area contributed by atoms with Gasteiger partial charge in [0, 0.05) is 31.0 Å². The lowest BCUT2D eigenvalue weighted by Gasteiger charge is -2.23. The van der Waals surface area contributed by atoms with Crippen LogP contribution in [0.2, 0.25) is 0 Å². The van der Waals surface area contributed by atoms with Crippen LogP contribution >= 0.6 is 15.9 Å². The number of hydrogen-bond acceptors (Lipinski definition) is 2. The molecule has 6 heteroatoms. The van der Waals surface area contributed by atoms with Crippen molar-refractivity contribution in [1.82, 2.24) is 14.8 Å². The predicted molar refractivity (Wildman–Crippen MR) is 90.9 cm³/mol. The fraction of sp³-hybridized carbons (Fsp3) is 0.375. The number of likely N-dealkylation sites (N-methyl/N-ethyl adjacent to an activating group) is 2. The molecule has 0 bridgehead atoms. The Morgan fingerprint density at radius 1 is 1.18 bits per heavy atom. The first-order chi connectivity index (χ1) is 10.5. The van der Waals surface area contributed by atoms with Crippen LogP contribution in [0.1, 0.15) is 24.3 Å². The van der Waals surface area contributed by atoms with Crippen LogP contribution < -0.4 is 0 Å². The van der Waals surface area contributed by atoms with Crippen LogP contribution in [0.15, 0.2) is 28.7 Å². The summed E-state index contributed by atoms with van der Waals surface area (Å²) < 4.78 is 0.732. The van der Waals surface area contributed by atoms with Gasteiger partial charge in [-0.3, -0.25) is 9.59 Å². The highest BCUT2D eigenvalue weighted by atomic mass is 79.9. The highest BCUT2D eigenvalue weighted by molar-refractivity contribution is 9.10. The number of aromatic nitrogens is 1. The number of hydrogen-bond donors (Lipinski definition) is 1. The first-order valence-corrected chi connectivity index (χ1v) is 8.08. The molecular formula is C16H20BrN3O2. The van der Waals surface area contributed by atoms with Crippen LogP contribution in [0.5, 0.6) is 0 Å². The summed E-state index contributed by atoms with van der Waals surface area (Å²) in [5, 5.41) is 0.953. The van der Waals surface area contributed by atoms with Gasteiger partial charge in [-0.15, -0.1) is 0 Å². The number of fused-ring (bicyclic) bond motifs is 1. The van der Waals surface area contributed by atoms with E-state index in [1.54, 1.807) is 11.9 Å². The molecule has 22 heavy (non-hydrogen) atoms. The number of amides is 2. The summed E-state index contributed by atoms with van der Waals surface area (Å²) >= 11 is 3.47. The second-order valence-corrected chi connectivity index (χ2v) is 5.88. The molecule has 1 N–H and O–H groups in total. The van der Waals surface area contributed by atoms with E-state index in [1.807, 2.05) is 38.1 Å². The van der Waals surface area contributed by atoms with Gasteiger partial charge in [0.1, 0.15) is 5.69 Å². The lowest BCUT2D eigenvalue weighted by molar-refractivity contribution is -0.131. The first kappa shape index (κ1) is 16.5. The van der Waals surface area contributed by atoms with Crippen LogP contribution in [-0.2, 0) is 4.79 Å². The van der Waals surface area contributed by atoms with Crippen molar-refractivity contribution in [3.8, 4) is 0 Å². The van der Waals surface area contributed by atoms with Crippen molar-refractivity contribution < 1.29 is 9.59 Å². The maximum atomic E-state index is 12.6. The van der Waals surface area contributed by atoms with Gasteiger partial charge in [-0.05, 0) is 35.8 Å². The van der Waals surface area contributed by atoms with Crippen LogP contribution in [0.25, 0.3) is 10.9 Å². The molecule has 0 saturated carbocycles. The molecule has 0 aliphatic rings. The van der Waals surface area contributed by atoms with Gasteiger partial charge in [-0.1, -0.05) is 18.2 Å². The molecule has 0 radical (unpaired) electrons. The van der Waals surface area contributed by atoms with Gasteiger partial charge in [0.05, 0.1) is 11.0 Å². The molecule has 2 aromatic rings. The smallest absolute Gasteiger partial charge is 0.271 e. The summed E-state index contributed by atoms with van der Waals surface area (Å²) in [6.07, 6.45) is 0. The van der Waals surface area contributed by atoms with Gasteiger partial charge in [-0.2, -0.15) is 0 Å². The number of carbonyl (C=O) groups is 2. The molecule has 0 unspecified atom stereocenters. The minimum Gasteiger partial charge on any atom is -0.350 e. The fourth-order valence-electron chi connectivity index (χ4n) is 2.40. The normalized spacial score (nSPS) is 10.7. The van der Waals surface area contributed by atoms with Gasteiger partial charge in [0.15, 0.2) is 0 Å². The van der Waals surface area contributed by atoms with Crippen molar-refractivity contribution in [3.63, 3.8) is 0 Å². The standard InChI is InChI=1S/C16H20BrN3O2/c1-4-20(5-2)13(21)10-19(3)16(22)15-14(17)11-8-6-7-9-12(11)18-15/h6-9,18H,4-5,10H2,1-3H3. The fourth-order valence-corrected chi connectivity index (χ4v) is 3.01. The molecule has 2 rings (SSSR count). The van der Waals surface area contributed by atoms with Crippen LogP contribution in [-0.4, -0.2) is 53.3 Å². The predicted octanol–water partition coefficient (Wildman–Crippen LogP) is 2.87. The summed E-state index contributed by atoms with van der Waals surface area (Å²) in [6.45, 7) is 5.22. The van der Waals surface area contributed by atoms with Crippen molar-refractivity contribution in [3.05, 3.63) is 34.4 Å². The average molecular weight is 366 g/mol. The molecule has 1 heterocycles. The van der Waals surface area contributed by atoms with E-state index in [9.17, 15) is 9.59 Å². The topological polar surface area (TPSA) is 56.4 Å². The number of aromatic amines is 1. The highest BCUT2D eigenvalue weighted by Crippen LogP contribution is 2.28. The van der Waals surface area contributed by atoms with Gasteiger partial charge < -0.3 is 14.8 Å². The van der Waals surface area contributed by atoms with E-state index in [-0.39, 0.29) is 18.4 Å². The van der Waals surface area contributed by atoms with Gasteiger partial charge >= 0.3 is 0 Å². The van der Waals surface area contributed by atoms with Crippen LogP contribution in [0.3, 0.4) is 0 Å². The van der Waals surface area contributed by atoms with Gasteiger partial charge in [0.2, 0.25) is 5.91 Å². The third-order valence-electron chi connectivity index (χ3n) is 3.69. The number of para-hydroxylation sites is 1. The Bertz CT molecular complexity index is 692. The summed E-state index contributed by atoms with van der Waals surface area (Å²) in [7, 11) is 1.64. The Hall–Kier alpha value is -1.82. The average Bonchev–Trinajstić information content (AvgIpc) is 2.85. The number of halogens is 1. The molecule has 0 fully saturated rings. The zero-order valence-corrected chi connectivity index (χ0v) is 14.6. The Balaban J connectivity index is 2.19. The molecular weight excluding hydrogens is 346 g/mol. The van der Waals surface area contributed by atoms with E-state index >= 15 is 0 Å². The third kappa shape index (κ3) is 3.16. The number of nitrogens with one attached hydrogen (secondary N) is 1. The summed E-state index contributed by atoms with van der Waals surface area (Å²) in [5.74, 6) is -0.253. The Kier molecular flexibility index (Phi) is 5.24. The van der Waals surface area contributed by atoms with Crippen LogP contribution in [0.4, 0.5) is 0 Å². The largest absolute Gasteiger partial charge is 0.350 e. The number of benzene rings is 1. The first-order valence-electron chi connectivity index (χ1n) is 7.29. The number of H-pyrrole nitrogens is 1. The second kappa shape index (κ2) is 6.96. The molecule has 1 aromatic heterocycles. The zero-order valence-electron chi connectivity index (χ0n) is 13.0. The molecule has 0 spiro atoms. The second-order valence-electron chi connectivity index (χ2n) is 5.09. The maximum absolute atomic E-state index is 12.6. The Labute approximate surface area is 138 Å². The summed E-state index contributed by atoms with van der Waals surface area (Å²) in [6, 6.07) is 7.68. The van der Waals surface area contributed by atoms with Crippen molar-refractivity contribution in [2.45, 2.75) is 13.8 Å². The molecule has 1 aromatic carbocycles. The van der Waals surface area contributed by atoms with Crippen molar-refractivity contribution in [2.24, 2.45) is 0 Å². The molecule has 2 amide bonds. The molecule has 0 saturated heterocycles. The number of carbonyl (C=O) groups excluding carboxylic acids is 2. The third-order valence-corrected chi connectivity index (χ3v) is 4.52. The minimum atomic E-state index is -0.205. The van der Waals surface area contributed by atoms with E-state index in [0.717, 1.165) is 15.4 Å². The van der Waals surface area contributed by atoms with E-state index in [1.165, 1.54) is 4.90 Å². The van der Waals surface area contributed by atoms with E-state index in [0.29, 0.717) is 18.8 Å². The lowest BCUT2D eigenvalue weighted by Crippen LogP contribution is -2.41. The number of rotatable bonds is 5.